The van der Waals surface area contributed by atoms with Crippen LogP contribution in [0.2, 0.25) is 0 Å². The highest BCUT2D eigenvalue weighted by Crippen LogP contribution is 2.32. The van der Waals surface area contributed by atoms with Crippen molar-refractivity contribution in [2.45, 2.75) is 44.8 Å². The summed E-state index contributed by atoms with van der Waals surface area (Å²) >= 11 is 0. The predicted molar refractivity (Wildman–Crippen MR) is 68.3 cm³/mol. The Hall–Kier alpha value is -0.650. The van der Waals surface area contributed by atoms with Crippen LogP contribution in [0.1, 0.15) is 32.6 Å². The van der Waals surface area contributed by atoms with E-state index in [1.165, 1.54) is 0 Å². The molecule has 1 fully saturated rings. The van der Waals surface area contributed by atoms with Gasteiger partial charge in [0.05, 0.1) is 18.8 Å². The average Bonchev–Trinajstić information content (AvgIpc) is 2.31. The van der Waals surface area contributed by atoms with Crippen LogP contribution in [0.25, 0.3) is 0 Å². The largest absolute Gasteiger partial charge is 0.394 e. The van der Waals surface area contributed by atoms with Crippen molar-refractivity contribution in [1.82, 2.24) is 5.32 Å². The third-order valence-electron chi connectivity index (χ3n) is 3.32. The number of ether oxygens (including phenoxy) is 2. The van der Waals surface area contributed by atoms with Gasteiger partial charge in [0.1, 0.15) is 0 Å². The molecule has 1 aliphatic carbocycles. The highest BCUT2D eigenvalue weighted by Gasteiger charge is 2.31. The van der Waals surface area contributed by atoms with Crippen molar-refractivity contribution < 1.29 is 19.4 Å². The van der Waals surface area contributed by atoms with E-state index in [2.05, 4.69) is 5.32 Å². The highest BCUT2D eigenvalue weighted by molar-refractivity contribution is 5.76. The summed E-state index contributed by atoms with van der Waals surface area (Å²) in [5.74, 6) is 0.452. The van der Waals surface area contributed by atoms with Crippen molar-refractivity contribution >= 4 is 5.91 Å². The average molecular weight is 259 g/mol. The molecule has 0 heterocycles. The van der Waals surface area contributed by atoms with Gasteiger partial charge < -0.3 is 19.9 Å². The maximum absolute atomic E-state index is 11.7. The van der Waals surface area contributed by atoms with Gasteiger partial charge >= 0.3 is 0 Å². The fraction of sp³-hybridized carbons (Fsp3) is 0.923. The molecule has 0 bridgehead atoms. The van der Waals surface area contributed by atoms with E-state index in [0.29, 0.717) is 31.5 Å². The first-order valence-electron chi connectivity index (χ1n) is 6.70. The highest BCUT2D eigenvalue weighted by atomic mass is 16.5. The standard InChI is InChI=1S/C13H25NO4/c1-3-18-12-6-10(7-12)8-13(16)14-11(9-15)4-5-17-2/h10-12,15H,3-9H2,1-2H3,(H,14,16). The topological polar surface area (TPSA) is 67.8 Å². The van der Waals surface area contributed by atoms with Crippen molar-refractivity contribution in [3.63, 3.8) is 0 Å². The molecule has 5 nitrogen and oxygen atoms in total. The number of amides is 1. The molecule has 0 aromatic rings. The molecule has 0 aromatic heterocycles. The summed E-state index contributed by atoms with van der Waals surface area (Å²) in [7, 11) is 1.61. The molecule has 1 atom stereocenters. The number of carbonyl (C=O) groups is 1. The number of nitrogens with one attached hydrogen (secondary N) is 1. The second kappa shape index (κ2) is 8.45. The third-order valence-corrected chi connectivity index (χ3v) is 3.32. The van der Waals surface area contributed by atoms with Crippen LogP contribution in [-0.2, 0) is 14.3 Å². The molecule has 1 aliphatic rings. The van der Waals surface area contributed by atoms with Crippen LogP contribution in [0.5, 0.6) is 0 Å². The Morgan fingerprint density at radius 2 is 2.22 bits per heavy atom. The Morgan fingerprint density at radius 3 is 2.78 bits per heavy atom. The van der Waals surface area contributed by atoms with Crippen molar-refractivity contribution in [2.75, 3.05) is 26.9 Å². The molecular formula is C13H25NO4. The van der Waals surface area contributed by atoms with E-state index in [4.69, 9.17) is 14.6 Å². The van der Waals surface area contributed by atoms with Crippen LogP contribution in [0, 0.1) is 5.92 Å². The summed E-state index contributed by atoms with van der Waals surface area (Å²) in [5.41, 5.74) is 0. The molecule has 0 radical (unpaired) electrons. The fourth-order valence-corrected chi connectivity index (χ4v) is 2.23. The number of rotatable bonds is 9. The van der Waals surface area contributed by atoms with Crippen molar-refractivity contribution in [2.24, 2.45) is 5.92 Å². The molecule has 0 aliphatic heterocycles. The second-order valence-corrected chi connectivity index (χ2v) is 4.85. The van der Waals surface area contributed by atoms with E-state index in [9.17, 15) is 4.79 Å². The molecule has 5 heteroatoms. The van der Waals surface area contributed by atoms with E-state index in [-0.39, 0.29) is 18.6 Å². The summed E-state index contributed by atoms with van der Waals surface area (Å²) in [6, 6.07) is -0.194. The van der Waals surface area contributed by atoms with Crippen LogP contribution in [-0.4, -0.2) is 50.1 Å². The molecule has 106 valence electrons. The van der Waals surface area contributed by atoms with E-state index in [0.717, 1.165) is 19.4 Å². The Bertz CT molecular complexity index is 241. The zero-order chi connectivity index (χ0) is 13.4. The Balaban J connectivity index is 2.13. The Morgan fingerprint density at radius 1 is 1.50 bits per heavy atom. The minimum Gasteiger partial charge on any atom is -0.394 e. The van der Waals surface area contributed by atoms with E-state index >= 15 is 0 Å². The molecule has 0 spiro atoms. The summed E-state index contributed by atoms with van der Waals surface area (Å²) < 4.78 is 10.4. The maximum atomic E-state index is 11.7. The van der Waals surface area contributed by atoms with E-state index < -0.39 is 0 Å². The van der Waals surface area contributed by atoms with Crippen molar-refractivity contribution in [1.29, 1.82) is 0 Å². The van der Waals surface area contributed by atoms with Gasteiger partial charge in [-0.25, -0.2) is 0 Å². The second-order valence-electron chi connectivity index (χ2n) is 4.85. The maximum Gasteiger partial charge on any atom is 0.220 e. The first-order chi connectivity index (χ1) is 8.69. The molecule has 1 saturated carbocycles. The van der Waals surface area contributed by atoms with Crippen LogP contribution >= 0.6 is 0 Å². The number of hydrogen-bond acceptors (Lipinski definition) is 4. The number of hydrogen-bond donors (Lipinski definition) is 2. The Labute approximate surface area is 109 Å². The SMILES string of the molecule is CCOC1CC(CC(=O)NC(CO)CCOC)C1. The molecular weight excluding hydrogens is 234 g/mol. The third kappa shape index (κ3) is 5.33. The Kier molecular flexibility index (Phi) is 7.23. The van der Waals surface area contributed by atoms with Gasteiger partial charge in [-0.05, 0) is 32.1 Å². The van der Waals surface area contributed by atoms with Gasteiger partial charge in [-0.2, -0.15) is 0 Å². The van der Waals surface area contributed by atoms with E-state index in [1.54, 1.807) is 7.11 Å². The number of methoxy groups -OCH3 is 1. The molecule has 2 N–H and O–H groups in total. The molecule has 0 aromatic carbocycles. The lowest BCUT2D eigenvalue weighted by molar-refractivity contribution is -0.125. The molecule has 0 saturated heterocycles. The minimum atomic E-state index is -0.194. The summed E-state index contributed by atoms with van der Waals surface area (Å²) in [6.07, 6.45) is 3.47. The quantitative estimate of drug-likeness (QED) is 0.640. The predicted octanol–water partition coefficient (Wildman–Crippen LogP) is 0.705. The summed E-state index contributed by atoms with van der Waals surface area (Å²) in [5, 5.41) is 12.0. The van der Waals surface area contributed by atoms with Crippen LogP contribution in [0.4, 0.5) is 0 Å². The molecule has 1 unspecified atom stereocenters. The van der Waals surface area contributed by atoms with Gasteiger partial charge in [-0.3, -0.25) is 4.79 Å². The monoisotopic (exact) mass is 259 g/mol. The minimum absolute atomic E-state index is 0.0186. The molecule has 1 rings (SSSR count). The summed E-state index contributed by atoms with van der Waals surface area (Å²) in [6.45, 7) is 3.23. The lowest BCUT2D eigenvalue weighted by atomic mass is 9.80. The number of aliphatic hydroxyl groups is 1. The lowest BCUT2D eigenvalue weighted by Crippen LogP contribution is -2.41. The normalized spacial score (nSPS) is 24.4. The van der Waals surface area contributed by atoms with Crippen LogP contribution in [0.15, 0.2) is 0 Å². The van der Waals surface area contributed by atoms with Gasteiger partial charge in [0.15, 0.2) is 0 Å². The van der Waals surface area contributed by atoms with Crippen molar-refractivity contribution in [3.8, 4) is 0 Å². The van der Waals surface area contributed by atoms with Gasteiger partial charge in [0, 0.05) is 26.7 Å². The van der Waals surface area contributed by atoms with Crippen LogP contribution in [0.3, 0.4) is 0 Å². The number of aliphatic hydroxyl groups excluding tert-OH is 1. The van der Waals surface area contributed by atoms with Gasteiger partial charge in [0.25, 0.3) is 0 Å². The van der Waals surface area contributed by atoms with Gasteiger partial charge in [-0.1, -0.05) is 0 Å². The zero-order valence-electron chi connectivity index (χ0n) is 11.4. The summed E-state index contributed by atoms with van der Waals surface area (Å²) in [4.78, 5) is 11.7. The first-order valence-corrected chi connectivity index (χ1v) is 6.70. The van der Waals surface area contributed by atoms with Crippen molar-refractivity contribution in [3.05, 3.63) is 0 Å². The number of carbonyl (C=O) groups excluding carboxylic acids is 1. The van der Waals surface area contributed by atoms with E-state index in [1.807, 2.05) is 6.92 Å². The van der Waals surface area contributed by atoms with Crippen LogP contribution < -0.4 is 5.32 Å². The van der Waals surface area contributed by atoms with Gasteiger partial charge in [-0.15, -0.1) is 0 Å². The first kappa shape index (κ1) is 15.4. The lowest BCUT2D eigenvalue weighted by Gasteiger charge is -2.34. The molecule has 1 amide bonds. The molecule has 18 heavy (non-hydrogen) atoms. The fourth-order valence-electron chi connectivity index (χ4n) is 2.23. The zero-order valence-corrected chi connectivity index (χ0v) is 11.4. The van der Waals surface area contributed by atoms with Gasteiger partial charge in [0.2, 0.25) is 5.91 Å². The smallest absolute Gasteiger partial charge is 0.220 e.